The van der Waals surface area contributed by atoms with Crippen molar-refractivity contribution in [3.63, 3.8) is 0 Å². The van der Waals surface area contributed by atoms with Crippen LogP contribution in [0.15, 0.2) is 72.0 Å². The number of nitrogens with zero attached hydrogens (tertiary/aromatic N) is 3. The van der Waals surface area contributed by atoms with Crippen LogP contribution in [0.4, 0.5) is 19.3 Å². The second kappa shape index (κ2) is 14.6. The lowest BCUT2D eigenvalue weighted by molar-refractivity contribution is 0.176. The average molecular weight is 604 g/mol. The van der Waals surface area contributed by atoms with Crippen molar-refractivity contribution in [1.29, 1.82) is 0 Å². The Morgan fingerprint density at radius 3 is 2.57 bits per heavy atom. The van der Waals surface area contributed by atoms with Crippen molar-refractivity contribution in [3.05, 3.63) is 84.1 Å². The molecule has 9 nitrogen and oxygen atoms in total. The fourth-order valence-electron chi connectivity index (χ4n) is 4.90. The van der Waals surface area contributed by atoms with Crippen LogP contribution in [0.25, 0.3) is 10.9 Å². The highest BCUT2D eigenvalue weighted by Gasteiger charge is 2.17. The molecule has 2 amide bonds. The minimum Gasteiger partial charge on any atom is -0.493 e. The number of benzene rings is 3. The minimum atomic E-state index is -0.683. The van der Waals surface area contributed by atoms with Gasteiger partial charge >= 0.3 is 6.03 Å². The average Bonchev–Trinajstić information content (AvgIpc) is 3.02. The molecule has 0 aliphatic carbocycles. The third-order valence-corrected chi connectivity index (χ3v) is 7.40. The predicted octanol–water partition coefficient (Wildman–Crippen LogP) is 6.97. The van der Waals surface area contributed by atoms with Gasteiger partial charge < -0.3 is 24.4 Å². The number of fused-ring (bicyclic) bond motifs is 1. The number of anilines is 1. The molecule has 1 fully saturated rings. The van der Waals surface area contributed by atoms with Crippen LogP contribution in [0.1, 0.15) is 31.7 Å². The summed E-state index contributed by atoms with van der Waals surface area (Å²) in [6, 6.07) is 14.2. The molecule has 1 aromatic heterocycles. The molecule has 44 heavy (non-hydrogen) atoms. The highest BCUT2D eigenvalue weighted by molar-refractivity contribution is 5.91. The van der Waals surface area contributed by atoms with Gasteiger partial charge in [0.25, 0.3) is 0 Å². The Morgan fingerprint density at radius 1 is 1.02 bits per heavy atom. The molecule has 2 heterocycles. The third-order valence-electron chi connectivity index (χ3n) is 7.40. The summed E-state index contributed by atoms with van der Waals surface area (Å²) in [5, 5.41) is 6.92. The first kappa shape index (κ1) is 30.7. The van der Waals surface area contributed by atoms with Gasteiger partial charge in [0.15, 0.2) is 23.1 Å². The lowest BCUT2D eigenvalue weighted by Gasteiger charge is -2.30. The molecule has 4 aromatic rings. The summed E-state index contributed by atoms with van der Waals surface area (Å²) in [7, 11) is 1.56. The van der Waals surface area contributed by atoms with Crippen LogP contribution in [0.5, 0.6) is 23.0 Å². The quantitative estimate of drug-likeness (QED) is 0.109. The van der Waals surface area contributed by atoms with Crippen LogP contribution in [0.3, 0.4) is 0 Å². The normalized spacial score (nSPS) is 14.1. The van der Waals surface area contributed by atoms with Crippen LogP contribution < -0.4 is 25.0 Å². The maximum Gasteiger partial charge on any atom is 0.339 e. The van der Waals surface area contributed by atoms with E-state index in [4.69, 9.17) is 14.2 Å². The smallest absolute Gasteiger partial charge is 0.339 e. The number of likely N-dealkylation sites (tertiary alicyclic amines) is 1. The van der Waals surface area contributed by atoms with Crippen LogP contribution >= 0.6 is 0 Å². The van der Waals surface area contributed by atoms with Gasteiger partial charge in [0, 0.05) is 35.9 Å². The Balaban J connectivity index is 1.19. The molecular weight excluding hydrogens is 568 g/mol. The lowest BCUT2D eigenvalue weighted by atomic mass is 9.99. The van der Waals surface area contributed by atoms with Gasteiger partial charge in [-0.05, 0) is 80.2 Å². The monoisotopic (exact) mass is 603 g/mol. The van der Waals surface area contributed by atoms with Gasteiger partial charge in [0.05, 0.1) is 25.4 Å². The summed E-state index contributed by atoms with van der Waals surface area (Å²) in [5.41, 5.74) is 3.68. The summed E-state index contributed by atoms with van der Waals surface area (Å²) in [6.07, 6.45) is 6.33. The summed E-state index contributed by atoms with van der Waals surface area (Å²) in [6.45, 7) is 6.13. The van der Waals surface area contributed by atoms with Crippen LogP contribution in [0, 0.1) is 17.6 Å². The first-order valence-corrected chi connectivity index (χ1v) is 14.5. The maximum absolute atomic E-state index is 15.0. The molecule has 0 atom stereocenters. The molecule has 5 rings (SSSR count). The van der Waals surface area contributed by atoms with Crippen molar-refractivity contribution >= 4 is 28.8 Å². The number of nitrogens with one attached hydrogen (secondary N) is 2. The number of carbonyl (C=O) groups excluding carboxylic acids is 1. The number of piperidine rings is 1. The molecule has 3 aromatic carbocycles. The summed E-state index contributed by atoms with van der Waals surface area (Å²) >= 11 is 0. The molecule has 0 unspecified atom stereocenters. The van der Waals surface area contributed by atoms with Gasteiger partial charge in [0.1, 0.15) is 11.6 Å². The zero-order valence-corrected chi connectivity index (χ0v) is 24.7. The number of ether oxygens (including phenoxy) is 3. The molecule has 1 saturated heterocycles. The molecule has 11 heteroatoms. The van der Waals surface area contributed by atoms with Gasteiger partial charge in [-0.1, -0.05) is 19.1 Å². The Kier molecular flexibility index (Phi) is 10.2. The van der Waals surface area contributed by atoms with E-state index in [1.165, 1.54) is 55.5 Å². The van der Waals surface area contributed by atoms with E-state index in [0.717, 1.165) is 38.0 Å². The van der Waals surface area contributed by atoms with Crippen molar-refractivity contribution in [3.8, 4) is 23.0 Å². The number of methoxy groups -OCH3 is 1. The van der Waals surface area contributed by atoms with Crippen molar-refractivity contribution in [2.75, 3.05) is 38.7 Å². The van der Waals surface area contributed by atoms with Crippen LogP contribution in [-0.4, -0.2) is 55.5 Å². The standard InChI is InChI=1S/C33H35F2N5O4/c1-22-11-15-40(16-12-22)14-3-17-43-32-20-28-26(19-31(32)42-2)29(10-13-36-28)44-30-9-8-25(18-27(30)35)38-33(41)39-37-21-23-4-6-24(34)7-5-23/h4-10,13,18-22H,3,11-12,14-17H2,1-2H3,(H2,38,39,41)/b37-21+. The first-order valence-electron chi connectivity index (χ1n) is 14.5. The molecule has 2 N–H and O–H groups in total. The molecule has 0 radical (unpaired) electrons. The second-order valence-electron chi connectivity index (χ2n) is 10.7. The zero-order chi connectivity index (χ0) is 30.9. The Labute approximate surface area is 254 Å². The van der Waals surface area contributed by atoms with Crippen LogP contribution in [0.2, 0.25) is 0 Å². The predicted molar refractivity (Wildman–Crippen MR) is 166 cm³/mol. The second-order valence-corrected chi connectivity index (χ2v) is 10.7. The summed E-state index contributed by atoms with van der Waals surface area (Å²) < 4.78 is 45.6. The molecule has 1 aliphatic heterocycles. The van der Waals surface area contributed by atoms with E-state index in [2.05, 4.69) is 32.7 Å². The molecule has 230 valence electrons. The van der Waals surface area contributed by atoms with Gasteiger partial charge in [-0.15, -0.1) is 0 Å². The van der Waals surface area contributed by atoms with Crippen LogP contribution in [-0.2, 0) is 0 Å². The van der Waals surface area contributed by atoms with Gasteiger partial charge in [-0.3, -0.25) is 4.98 Å². The molecule has 0 saturated carbocycles. The number of pyridine rings is 1. The molecule has 1 aliphatic rings. The number of hydrazone groups is 1. The maximum atomic E-state index is 15.0. The fraction of sp³-hybridized carbons (Fsp3) is 0.303. The Morgan fingerprint density at radius 2 is 1.82 bits per heavy atom. The third kappa shape index (κ3) is 8.19. The Hall–Kier alpha value is -4.77. The number of amides is 2. The fourth-order valence-corrected chi connectivity index (χ4v) is 4.90. The number of carbonyl (C=O) groups is 1. The number of aromatic nitrogens is 1. The number of hydrogen-bond acceptors (Lipinski definition) is 7. The number of hydrogen-bond donors (Lipinski definition) is 2. The molecule has 0 spiro atoms. The van der Waals surface area contributed by atoms with E-state index in [1.807, 2.05) is 0 Å². The lowest BCUT2D eigenvalue weighted by Crippen LogP contribution is -2.34. The Bertz CT molecular complexity index is 1610. The molecular formula is C33H35F2N5O4. The topological polar surface area (TPSA) is 97.3 Å². The SMILES string of the molecule is COc1cc2c(Oc3ccc(NC(=O)N/N=C/c4ccc(F)cc4)cc3F)ccnc2cc1OCCCN1CCC(C)CC1. The minimum absolute atomic E-state index is 0.0378. The highest BCUT2D eigenvalue weighted by atomic mass is 19.1. The number of rotatable bonds is 11. The van der Waals surface area contributed by atoms with E-state index in [-0.39, 0.29) is 17.3 Å². The van der Waals surface area contributed by atoms with Gasteiger partial charge in [-0.25, -0.2) is 19.0 Å². The van der Waals surface area contributed by atoms with Crippen molar-refractivity contribution < 1.29 is 27.8 Å². The van der Waals surface area contributed by atoms with E-state index in [9.17, 15) is 9.18 Å². The van der Waals surface area contributed by atoms with Gasteiger partial charge in [-0.2, -0.15) is 5.10 Å². The summed E-state index contributed by atoms with van der Waals surface area (Å²) in [4.78, 5) is 19.1. The highest BCUT2D eigenvalue weighted by Crippen LogP contribution is 2.38. The number of halogens is 2. The van der Waals surface area contributed by atoms with Crippen molar-refractivity contribution in [1.82, 2.24) is 15.3 Å². The van der Waals surface area contributed by atoms with E-state index in [1.54, 1.807) is 31.5 Å². The zero-order valence-electron chi connectivity index (χ0n) is 24.7. The first-order chi connectivity index (χ1) is 21.4. The summed E-state index contributed by atoms with van der Waals surface area (Å²) in [5.74, 6) is 1.20. The van der Waals surface area contributed by atoms with E-state index in [0.29, 0.717) is 40.3 Å². The van der Waals surface area contributed by atoms with Gasteiger partial charge in [0.2, 0.25) is 0 Å². The molecule has 0 bridgehead atoms. The van der Waals surface area contributed by atoms with Crippen molar-refractivity contribution in [2.24, 2.45) is 11.0 Å². The number of urea groups is 1. The van der Waals surface area contributed by atoms with Crippen molar-refractivity contribution in [2.45, 2.75) is 26.2 Å². The largest absolute Gasteiger partial charge is 0.493 e. The van der Waals surface area contributed by atoms with E-state index < -0.39 is 11.8 Å². The van der Waals surface area contributed by atoms with E-state index >= 15 is 4.39 Å².